The van der Waals surface area contributed by atoms with Crippen LogP contribution in [0.1, 0.15) is 18.6 Å². The Kier molecular flexibility index (Phi) is 7.64. The number of likely N-dealkylation sites (tertiary alicyclic amines) is 1. The molecule has 37 heavy (non-hydrogen) atoms. The molecule has 2 aliphatic heterocycles. The number of sulfonamides is 1. The lowest BCUT2D eigenvalue weighted by atomic mass is 10.1. The molecule has 0 saturated carbocycles. The van der Waals surface area contributed by atoms with Crippen LogP contribution in [0.4, 0.5) is 0 Å². The van der Waals surface area contributed by atoms with E-state index >= 15 is 0 Å². The van der Waals surface area contributed by atoms with Crippen molar-refractivity contribution in [2.75, 3.05) is 52.1 Å². The van der Waals surface area contributed by atoms with E-state index in [4.69, 9.17) is 9.15 Å². The highest BCUT2D eigenvalue weighted by Crippen LogP contribution is 2.31. The Morgan fingerprint density at radius 2 is 1.97 bits per heavy atom. The number of furan rings is 1. The summed E-state index contributed by atoms with van der Waals surface area (Å²) < 4.78 is 39.0. The third kappa shape index (κ3) is 5.88. The van der Waals surface area contributed by atoms with E-state index in [0.717, 1.165) is 30.8 Å². The second-order valence-corrected chi connectivity index (χ2v) is 12.3. The number of pyridine rings is 2. The molecular weight excluding hydrogens is 514 g/mol. The maximum absolute atomic E-state index is 12.9. The summed E-state index contributed by atoms with van der Waals surface area (Å²) in [5, 5.41) is 0.216. The van der Waals surface area contributed by atoms with Crippen molar-refractivity contribution in [3.05, 3.63) is 46.7 Å². The Balaban J connectivity index is 1.37. The molecular formula is C25H33N5O5S2. The molecule has 0 amide bonds. The van der Waals surface area contributed by atoms with Crippen molar-refractivity contribution in [3.8, 4) is 17.0 Å². The number of aromatic nitrogens is 2. The van der Waals surface area contributed by atoms with Crippen molar-refractivity contribution >= 4 is 33.6 Å². The molecule has 0 unspecified atom stereocenters. The molecule has 12 heteroatoms. The van der Waals surface area contributed by atoms with Gasteiger partial charge in [0.15, 0.2) is 0 Å². The monoisotopic (exact) mass is 547 g/mol. The maximum atomic E-state index is 12.9. The van der Waals surface area contributed by atoms with Crippen molar-refractivity contribution in [1.29, 1.82) is 0 Å². The van der Waals surface area contributed by atoms with Gasteiger partial charge in [-0.1, -0.05) is 0 Å². The predicted molar refractivity (Wildman–Crippen MR) is 145 cm³/mol. The molecule has 10 nitrogen and oxygen atoms in total. The van der Waals surface area contributed by atoms with Gasteiger partial charge >= 0.3 is 0 Å². The third-order valence-electron chi connectivity index (χ3n) is 7.06. The molecule has 0 bridgehead atoms. The molecule has 0 spiro atoms. The molecule has 0 N–H and O–H groups in total. The summed E-state index contributed by atoms with van der Waals surface area (Å²) >= 11 is 4.61. The summed E-state index contributed by atoms with van der Waals surface area (Å²) in [6.07, 6.45) is 7.17. The Morgan fingerprint density at radius 3 is 2.70 bits per heavy atom. The number of thiol groups is 1. The summed E-state index contributed by atoms with van der Waals surface area (Å²) in [6, 6.07) is 5.53. The van der Waals surface area contributed by atoms with Crippen LogP contribution in [0.15, 0.2) is 39.8 Å². The van der Waals surface area contributed by atoms with Crippen LogP contribution in [-0.2, 0) is 23.6 Å². The van der Waals surface area contributed by atoms with Gasteiger partial charge in [-0.2, -0.15) is 16.9 Å². The van der Waals surface area contributed by atoms with Crippen molar-refractivity contribution in [1.82, 2.24) is 23.7 Å². The van der Waals surface area contributed by atoms with Gasteiger partial charge in [0.2, 0.25) is 15.9 Å². The first-order valence-corrected chi connectivity index (χ1v) is 14.9. The number of rotatable bonds is 8. The van der Waals surface area contributed by atoms with Crippen molar-refractivity contribution in [2.24, 2.45) is 7.05 Å². The number of fused-ring (bicyclic) bond motifs is 1. The van der Waals surface area contributed by atoms with Crippen LogP contribution in [0, 0.1) is 0 Å². The lowest BCUT2D eigenvalue weighted by Crippen LogP contribution is -2.51. The minimum atomic E-state index is -3.26. The topological polar surface area (TPSA) is 101 Å². The molecule has 5 heterocycles. The molecule has 3 aromatic rings. The Labute approximate surface area is 222 Å². The first-order chi connectivity index (χ1) is 17.7. The summed E-state index contributed by atoms with van der Waals surface area (Å²) in [5.41, 5.74) is 1.99. The van der Waals surface area contributed by atoms with Gasteiger partial charge in [0, 0.05) is 57.3 Å². The van der Waals surface area contributed by atoms with Gasteiger partial charge in [-0.15, -0.1) is 0 Å². The molecule has 5 rings (SSSR count). The van der Waals surface area contributed by atoms with E-state index in [2.05, 4.69) is 22.5 Å². The fourth-order valence-corrected chi connectivity index (χ4v) is 6.32. The van der Waals surface area contributed by atoms with Gasteiger partial charge < -0.3 is 13.7 Å². The maximum Gasteiger partial charge on any atom is 0.261 e. The molecule has 0 aromatic carbocycles. The van der Waals surface area contributed by atoms with Gasteiger partial charge in [0.25, 0.3) is 5.56 Å². The smallest absolute Gasteiger partial charge is 0.261 e. The number of ether oxygens (including phenoxy) is 1. The molecule has 0 radical (unpaired) electrons. The predicted octanol–water partition coefficient (Wildman–Crippen LogP) is 2.00. The van der Waals surface area contributed by atoms with Gasteiger partial charge in [0.1, 0.15) is 18.0 Å². The largest absolute Gasteiger partial charge is 0.476 e. The van der Waals surface area contributed by atoms with E-state index in [1.54, 1.807) is 30.1 Å². The highest BCUT2D eigenvalue weighted by atomic mass is 32.2. The van der Waals surface area contributed by atoms with E-state index in [1.807, 2.05) is 17.0 Å². The highest BCUT2D eigenvalue weighted by Gasteiger charge is 2.30. The van der Waals surface area contributed by atoms with E-state index in [-0.39, 0.29) is 10.9 Å². The van der Waals surface area contributed by atoms with Crippen LogP contribution in [-0.4, -0.2) is 89.6 Å². The molecule has 2 aliphatic rings. The normalized spacial score (nSPS) is 20.1. The second kappa shape index (κ2) is 10.8. The van der Waals surface area contributed by atoms with E-state index < -0.39 is 10.0 Å². The first-order valence-electron chi connectivity index (χ1n) is 12.5. The Morgan fingerprint density at radius 1 is 1.19 bits per heavy atom. The highest BCUT2D eigenvalue weighted by molar-refractivity contribution is 7.88. The van der Waals surface area contributed by atoms with Gasteiger partial charge in [-0.05, 0) is 43.6 Å². The number of hydrogen-bond acceptors (Lipinski definition) is 9. The van der Waals surface area contributed by atoms with Crippen molar-refractivity contribution in [3.63, 3.8) is 0 Å². The van der Waals surface area contributed by atoms with Crippen LogP contribution >= 0.6 is 12.6 Å². The summed E-state index contributed by atoms with van der Waals surface area (Å²) in [4.78, 5) is 21.7. The molecule has 2 fully saturated rings. The van der Waals surface area contributed by atoms with Crippen LogP contribution < -0.4 is 10.3 Å². The van der Waals surface area contributed by atoms with Crippen LogP contribution in [0.25, 0.3) is 22.1 Å². The third-order valence-corrected chi connectivity index (χ3v) is 8.82. The average Bonchev–Trinajstić information content (AvgIpc) is 3.53. The lowest BCUT2D eigenvalue weighted by molar-refractivity contribution is 0.154. The van der Waals surface area contributed by atoms with E-state index in [9.17, 15) is 13.2 Å². The number of piperazine rings is 1. The zero-order chi connectivity index (χ0) is 26.2. The quantitative estimate of drug-likeness (QED) is 0.428. The second-order valence-electron chi connectivity index (χ2n) is 9.77. The lowest BCUT2D eigenvalue weighted by Gasteiger charge is -2.37. The van der Waals surface area contributed by atoms with Crippen molar-refractivity contribution < 1.29 is 17.6 Å². The Hall–Kier alpha value is -2.38. The molecule has 2 saturated heterocycles. The molecule has 3 aromatic heterocycles. The molecule has 0 aliphatic carbocycles. The average molecular weight is 548 g/mol. The SMILES string of the molecule is Cn1cc(-c2ccnc(OCCN3CCCC3)c2)c2oc(CN3CCN(S(C)(=O)=O)C[C@H]3S)cc2c1=O. The fraction of sp³-hybridized carbons (Fsp3) is 0.520. The van der Waals surface area contributed by atoms with E-state index in [0.29, 0.717) is 55.4 Å². The van der Waals surface area contributed by atoms with Crippen LogP contribution in [0.5, 0.6) is 5.88 Å². The molecule has 1 atom stereocenters. The minimum Gasteiger partial charge on any atom is -0.476 e. The van der Waals surface area contributed by atoms with Crippen LogP contribution in [0.2, 0.25) is 0 Å². The minimum absolute atomic E-state index is 0.144. The summed E-state index contributed by atoms with van der Waals surface area (Å²) in [6.45, 7) is 5.32. The summed E-state index contributed by atoms with van der Waals surface area (Å²) in [7, 11) is -1.54. The van der Waals surface area contributed by atoms with Gasteiger partial charge in [-0.25, -0.2) is 13.4 Å². The fourth-order valence-electron chi connectivity index (χ4n) is 4.99. The number of hydrogen-bond donors (Lipinski definition) is 1. The number of nitrogens with zero attached hydrogens (tertiary/aromatic N) is 5. The first kappa shape index (κ1) is 26.2. The zero-order valence-corrected chi connectivity index (χ0v) is 22.9. The van der Waals surface area contributed by atoms with Crippen LogP contribution in [0.3, 0.4) is 0 Å². The summed E-state index contributed by atoms with van der Waals surface area (Å²) in [5.74, 6) is 1.16. The van der Waals surface area contributed by atoms with Gasteiger partial charge in [-0.3, -0.25) is 14.6 Å². The van der Waals surface area contributed by atoms with E-state index in [1.165, 1.54) is 23.4 Å². The number of aryl methyl sites for hydroxylation is 1. The zero-order valence-electron chi connectivity index (χ0n) is 21.2. The Bertz CT molecular complexity index is 1430. The standard InChI is InChI=1S/C25H33N5O5S2/c1-27-16-21(18-5-6-26-22(13-18)34-12-11-28-7-3-4-8-28)24-20(25(27)31)14-19(35-24)15-29-9-10-30(17-23(29)36)37(2,32)33/h5-6,13-14,16,23,36H,3-4,7-12,15,17H2,1-2H3/t23-/m1/s1. The van der Waals surface area contributed by atoms with Gasteiger partial charge in [0.05, 0.1) is 23.6 Å². The molecule has 200 valence electrons. The van der Waals surface area contributed by atoms with Crippen molar-refractivity contribution in [2.45, 2.75) is 24.8 Å².